The zero-order chi connectivity index (χ0) is 28.4. The maximum Gasteiger partial charge on any atom is 0.341 e. The van der Waals surface area contributed by atoms with E-state index in [4.69, 9.17) is 17.0 Å². The van der Waals surface area contributed by atoms with E-state index in [-0.39, 0.29) is 11.4 Å². The Balaban J connectivity index is 1.31. The van der Waals surface area contributed by atoms with E-state index >= 15 is 0 Å². The molecule has 1 fully saturated rings. The van der Waals surface area contributed by atoms with Crippen LogP contribution in [0.3, 0.4) is 0 Å². The van der Waals surface area contributed by atoms with E-state index in [9.17, 15) is 19.5 Å². The Morgan fingerprint density at radius 2 is 1.95 bits per heavy atom. The van der Waals surface area contributed by atoms with Crippen LogP contribution in [0.4, 0.5) is 10.9 Å². The Labute approximate surface area is 240 Å². The highest BCUT2D eigenvalue weighted by molar-refractivity contribution is 7.80. The molecule has 4 heterocycles. The lowest BCUT2D eigenvalue weighted by Crippen LogP contribution is -3.11. The number of aryl methyl sites for hydroxylation is 2. The third-order valence-electron chi connectivity index (χ3n) is 7.47. The van der Waals surface area contributed by atoms with E-state index in [2.05, 4.69) is 20.2 Å². The third-order valence-corrected chi connectivity index (χ3v) is 9.03. The van der Waals surface area contributed by atoms with Gasteiger partial charge in [0.15, 0.2) is 10.8 Å². The first-order chi connectivity index (χ1) is 19.3. The van der Waals surface area contributed by atoms with Gasteiger partial charge in [0, 0.05) is 23.8 Å². The van der Waals surface area contributed by atoms with E-state index in [0.29, 0.717) is 61.6 Å². The quantitative estimate of drug-likeness (QED) is 0.245. The molecule has 1 saturated heterocycles. The minimum absolute atomic E-state index is 0.155. The summed E-state index contributed by atoms with van der Waals surface area (Å²) in [5, 5.41) is 16.2. The lowest BCUT2D eigenvalue weighted by Gasteiger charge is -2.32. The van der Waals surface area contributed by atoms with E-state index in [1.807, 2.05) is 13.8 Å². The summed E-state index contributed by atoms with van der Waals surface area (Å²) in [6, 6.07) is 0. The number of nitrogens with zero attached hydrogens (tertiary/aromatic N) is 4. The summed E-state index contributed by atoms with van der Waals surface area (Å²) < 4.78 is 7.03. The zero-order valence-electron chi connectivity index (χ0n) is 22.6. The second-order valence-corrected chi connectivity index (χ2v) is 11.4. The van der Waals surface area contributed by atoms with Crippen LogP contribution in [0.1, 0.15) is 64.3 Å². The van der Waals surface area contributed by atoms with Crippen LogP contribution in [-0.4, -0.2) is 69.3 Å². The minimum atomic E-state index is -1.52. The molecule has 13 heteroatoms. The molecule has 212 valence electrons. The summed E-state index contributed by atoms with van der Waals surface area (Å²) >= 11 is 7.38. The molecule has 3 aromatic rings. The van der Waals surface area contributed by atoms with Crippen molar-refractivity contribution in [2.75, 3.05) is 38.1 Å². The number of aromatic carboxylic acids is 1. The number of rotatable bonds is 6. The Bertz CT molecular complexity index is 1530. The van der Waals surface area contributed by atoms with E-state index < -0.39 is 17.0 Å². The Morgan fingerprint density at radius 1 is 1.20 bits per heavy atom. The minimum Gasteiger partial charge on any atom is -0.545 e. The summed E-state index contributed by atoms with van der Waals surface area (Å²) in [5.74, 6) is -1.27. The number of pyridine rings is 1. The van der Waals surface area contributed by atoms with Gasteiger partial charge in [0.05, 0.1) is 42.2 Å². The van der Waals surface area contributed by atoms with Crippen LogP contribution in [-0.2, 0) is 24.1 Å². The van der Waals surface area contributed by atoms with Gasteiger partial charge in [0.1, 0.15) is 18.1 Å². The van der Waals surface area contributed by atoms with Crippen molar-refractivity contribution in [3.05, 3.63) is 44.2 Å². The van der Waals surface area contributed by atoms with Crippen molar-refractivity contribution in [1.82, 2.24) is 19.4 Å². The number of esters is 1. The van der Waals surface area contributed by atoms with Gasteiger partial charge in [-0.15, -0.1) is 11.3 Å². The fourth-order valence-corrected chi connectivity index (χ4v) is 6.98. The first-order valence-electron chi connectivity index (χ1n) is 13.7. The van der Waals surface area contributed by atoms with Gasteiger partial charge in [0.2, 0.25) is 5.43 Å². The molecule has 0 aromatic carbocycles. The summed E-state index contributed by atoms with van der Waals surface area (Å²) in [7, 11) is 0. The number of aromatic nitrogens is 3. The Morgan fingerprint density at radius 3 is 2.65 bits per heavy atom. The van der Waals surface area contributed by atoms with Crippen LogP contribution >= 0.6 is 23.6 Å². The molecule has 0 radical (unpaired) electrons. The molecule has 0 amide bonds. The van der Waals surface area contributed by atoms with E-state index in [1.165, 1.54) is 17.3 Å². The van der Waals surface area contributed by atoms with Crippen molar-refractivity contribution in [1.29, 1.82) is 0 Å². The molecule has 5 rings (SSSR count). The van der Waals surface area contributed by atoms with Gasteiger partial charge in [-0.25, -0.2) is 4.79 Å². The molecule has 0 spiro atoms. The Kier molecular flexibility index (Phi) is 8.43. The van der Waals surface area contributed by atoms with Gasteiger partial charge >= 0.3 is 11.9 Å². The lowest BCUT2D eigenvalue weighted by molar-refractivity contribution is -0.842. The number of nitrogens with one attached hydrogen (secondary N) is 2. The molecule has 1 aliphatic heterocycles. The second-order valence-electron chi connectivity index (χ2n) is 9.89. The van der Waals surface area contributed by atoms with Crippen LogP contribution in [0.5, 0.6) is 0 Å². The number of ether oxygens (including phenoxy) is 1. The van der Waals surface area contributed by atoms with Gasteiger partial charge < -0.3 is 29.4 Å². The fourth-order valence-electron chi connectivity index (χ4n) is 5.36. The normalized spacial score (nSPS) is 15.9. The highest BCUT2D eigenvalue weighted by Gasteiger charge is 2.29. The topological polar surface area (TPSA) is 134 Å². The van der Waals surface area contributed by atoms with Crippen molar-refractivity contribution >= 4 is 62.6 Å². The number of anilines is 1. The molecule has 0 bridgehead atoms. The van der Waals surface area contributed by atoms with E-state index in [0.717, 1.165) is 47.6 Å². The van der Waals surface area contributed by atoms with Gasteiger partial charge in [-0.2, -0.15) is 9.97 Å². The van der Waals surface area contributed by atoms with Crippen molar-refractivity contribution in [3.63, 3.8) is 0 Å². The van der Waals surface area contributed by atoms with Crippen LogP contribution in [0.15, 0.2) is 17.2 Å². The second kappa shape index (κ2) is 12.0. The highest BCUT2D eigenvalue weighted by Crippen LogP contribution is 2.38. The van der Waals surface area contributed by atoms with Gasteiger partial charge in [-0.3, -0.25) is 9.69 Å². The predicted octanol–water partition coefficient (Wildman–Crippen LogP) is 0.911. The maximum absolute atomic E-state index is 12.9. The van der Waals surface area contributed by atoms with Crippen molar-refractivity contribution in [2.45, 2.75) is 52.5 Å². The number of quaternary nitrogens is 1. The van der Waals surface area contributed by atoms with Crippen LogP contribution in [0.2, 0.25) is 0 Å². The molecule has 0 unspecified atom stereocenters. The van der Waals surface area contributed by atoms with Crippen molar-refractivity contribution in [3.8, 4) is 0 Å². The van der Waals surface area contributed by atoms with Crippen molar-refractivity contribution in [2.24, 2.45) is 0 Å². The van der Waals surface area contributed by atoms with Crippen LogP contribution in [0, 0.1) is 0 Å². The number of thiocarbonyl (C=S) groups is 1. The number of thiophene rings is 1. The van der Waals surface area contributed by atoms with Crippen LogP contribution in [0.25, 0.3) is 11.0 Å². The number of carbonyl (C=O) groups is 2. The third kappa shape index (κ3) is 5.45. The molecular weight excluding hydrogens is 552 g/mol. The van der Waals surface area contributed by atoms with Gasteiger partial charge in [-0.1, -0.05) is 6.42 Å². The fraction of sp³-hybridized carbons (Fsp3) is 0.481. The van der Waals surface area contributed by atoms with Crippen molar-refractivity contribution < 1.29 is 24.3 Å². The zero-order valence-corrected chi connectivity index (χ0v) is 24.2. The number of carboxylic acids is 1. The standard InChI is InChI=1S/C27H32N6O5S2/c1-3-31-15-18(24(35)36)21(34)17-14-28-26(29-22(17)31)32-10-12-33(13-11-32)27(39)30-23-20(25(37)38-4-2)16-8-6-5-7-9-19(16)40-23/h14-15H,3-13H2,1-2H3,(H,30,39)(H,35,36). The molecule has 11 nitrogen and oxygen atoms in total. The monoisotopic (exact) mass is 584 g/mol. The molecule has 1 aliphatic carbocycles. The number of hydrogen-bond donors (Lipinski definition) is 2. The summed E-state index contributed by atoms with van der Waals surface area (Å²) in [6.07, 6.45) is 7.87. The highest BCUT2D eigenvalue weighted by atomic mass is 32.1. The molecular formula is C27H32N6O5S2. The summed E-state index contributed by atoms with van der Waals surface area (Å²) in [6.45, 7) is 7.06. The van der Waals surface area contributed by atoms with Crippen LogP contribution < -0.4 is 20.8 Å². The first-order valence-corrected chi connectivity index (χ1v) is 14.9. The molecule has 0 saturated carbocycles. The largest absolute Gasteiger partial charge is 0.545 e. The number of carboxylic acid groups (broad SMARTS) is 1. The average molecular weight is 585 g/mol. The number of carbonyl (C=O) groups excluding carboxylic acids is 2. The summed E-state index contributed by atoms with van der Waals surface area (Å²) in [4.78, 5) is 50.3. The molecule has 40 heavy (non-hydrogen) atoms. The lowest BCUT2D eigenvalue weighted by atomic mass is 10.1. The average Bonchev–Trinajstić information content (AvgIpc) is 3.12. The molecule has 2 N–H and O–H groups in total. The first kappa shape index (κ1) is 28.1. The Hall–Kier alpha value is -3.42. The number of fused-ring (bicyclic) bond motifs is 2. The molecule has 3 aromatic heterocycles. The summed E-state index contributed by atoms with van der Waals surface area (Å²) in [5.41, 5.74) is 1.09. The molecule has 2 aliphatic rings. The smallest absolute Gasteiger partial charge is 0.341 e. The van der Waals surface area contributed by atoms with Gasteiger partial charge in [-0.05, 0) is 57.3 Å². The molecule has 0 atom stereocenters. The van der Waals surface area contributed by atoms with Gasteiger partial charge in [0.25, 0.3) is 0 Å². The predicted molar refractivity (Wildman–Crippen MR) is 153 cm³/mol. The maximum atomic E-state index is 12.9. The number of hydrogen-bond acceptors (Lipinski definition) is 9. The SMILES string of the molecule is CCOC(=O)c1c(NC(=S)N2CC[NH+](c3ncc4c(=O)c(C(=O)[O-])cn(CC)c4n3)CC2)sc2c1CCCCC2. The van der Waals surface area contributed by atoms with E-state index in [1.54, 1.807) is 15.9 Å². The number of piperazine rings is 1.